The van der Waals surface area contributed by atoms with E-state index in [-0.39, 0.29) is 11.7 Å². The second-order valence-electron chi connectivity index (χ2n) is 7.43. The third-order valence-corrected chi connectivity index (χ3v) is 5.43. The summed E-state index contributed by atoms with van der Waals surface area (Å²) < 4.78 is 23.9. The quantitative estimate of drug-likeness (QED) is 0.600. The van der Waals surface area contributed by atoms with Crippen molar-refractivity contribution in [2.45, 2.75) is 39.0 Å². The number of aryl methyl sites for hydroxylation is 2. The minimum absolute atomic E-state index is 0.0677. The Hall–Kier alpha value is -3.22. The zero-order valence-electron chi connectivity index (χ0n) is 17.2. The van der Waals surface area contributed by atoms with Crippen molar-refractivity contribution in [1.82, 2.24) is 10.1 Å². The molecule has 0 atom stereocenters. The van der Waals surface area contributed by atoms with E-state index in [9.17, 15) is 9.18 Å². The summed E-state index contributed by atoms with van der Waals surface area (Å²) in [6.07, 6.45) is 3.38. The molecule has 156 valence electrons. The van der Waals surface area contributed by atoms with Crippen LogP contribution in [-0.4, -0.2) is 29.7 Å². The minimum atomic E-state index is -0.313. The number of benzene rings is 2. The van der Waals surface area contributed by atoms with Gasteiger partial charge in [0.2, 0.25) is 17.6 Å². The first-order valence-electron chi connectivity index (χ1n) is 10.1. The van der Waals surface area contributed by atoms with Crippen LogP contribution in [0.5, 0.6) is 5.75 Å². The Kier molecular flexibility index (Phi) is 5.79. The Balaban J connectivity index is 1.40. The topological polar surface area (TPSA) is 68.5 Å². The number of carbonyl (C=O) groups is 1. The van der Waals surface area contributed by atoms with Crippen molar-refractivity contribution in [2.24, 2.45) is 0 Å². The smallest absolute Gasteiger partial charge is 0.227 e. The van der Waals surface area contributed by atoms with Crippen LogP contribution in [0.15, 0.2) is 40.9 Å². The average Bonchev–Trinajstić information content (AvgIpc) is 3.23. The van der Waals surface area contributed by atoms with Crippen LogP contribution in [0.1, 0.15) is 36.3 Å². The molecule has 2 heterocycles. The zero-order valence-corrected chi connectivity index (χ0v) is 17.2. The van der Waals surface area contributed by atoms with Gasteiger partial charge in [0.15, 0.2) is 0 Å². The van der Waals surface area contributed by atoms with Crippen LogP contribution in [0.25, 0.3) is 11.4 Å². The van der Waals surface area contributed by atoms with Crippen LogP contribution in [0, 0.1) is 12.7 Å². The van der Waals surface area contributed by atoms with Gasteiger partial charge in [0.05, 0.1) is 12.8 Å². The number of hydrogen-bond donors (Lipinski definition) is 0. The summed E-state index contributed by atoms with van der Waals surface area (Å²) in [4.78, 5) is 19.2. The molecule has 1 amide bonds. The number of aromatic nitrogens is 2. The average molecular weight is 409 g/mol. The highest BCUT2D eigenvalue weighted by Crippen LogP contribution is 2.38. The zero-order chi connectivity index (χ0) is 21.1. The maximum atomic E-state index is 13.1. The molecule has 1 aliphatic rings. The van der Waals surface area contributed by atoms with E-state index in [2.05, 4.69) is 17.1 Å². The molecule has 4 rings (SSSR count). The third kappa shape index (κ3) is 4.06. The summed E-state index contributed by atoms with van der Waals surface area (Å²) in [5.74, 6) is 1.38. The molecule has 0 N–H and O–H groups in total. The summed E-state index contributed by atoms with van der Waals surface area (Å²) in [7, 11) is 1.64. The predicted molar refractivity (Wildman–Crippen MR) is 111 cm³/mol. The summed E-state index contributed by atoms with van der Waals surface area (Å²) in [5, 5.41) is 3.95. The highest BCUT2D eigenvalue weighted by atomic mass is 19.1. The van der Waals surface area contributed by atoms with E-state index in [1.807, 2.05) is 17.0 Å². The van der Waals surface area contributed by atoms with E-state index in [0.29, 0.717) is 43.1 Å². The fraction of sp³-hybridized carbons (Fsp3) is 0.348. The van der Waals surface area contributed by atoms with Gasteiger partial charge in [0.1, 0.15) is 11.6 Å². The molecule has 1 aliphatic heterocycles. The molecule has 7 heteroatoms. The van der Waals surface area contributed by atoms with Crippen molar-refractivity contribution >= 4 is 11.6 Å². The number of methoxy groups -OCH3 is 1. The molecule has 0 radical (unpaired) electrons. The van der Waals surface area contributed by atoms with Gasteiger partial charge in [0.25, 0.3) is 0 Å². The maximum Gasteiger partial charge on any atom is 0.227 e. The molecule has 0 spiro atoms. The van der Waals surface area contributed by atoms with Crippen molar-refractivity contribution in [3.63, 3.8) is 0 Å². The Morgan fingerprint density at radius 2 is 2.03 bits per heavy atom. The molecule has 0 saturated carbocycles. The molecule has 30 heavy (non-hydrogen) atoms. The molecular formula is C23H24FN3O3. The molecule has 6 nitrogen and oxygen atoms in total. The van der Waals surface area contributed by atoms with E-state index in [1.54, 1.807) is 19.2 Å². The van der Waals surface area contributed by atoms with Crippen LogP contribution in [0.3, 0.4) is 0 Å². The molecular weight excluding hydrogens is 385 g/mol. The number of fused-ring (bicyclic) bond motifs is 1. The van der Waals surface area contributed by atoms with Crippen LogP contribution >= 0.6 is 0 Å². The Labute approximate surface area is 174 Å². The molecule has 2 aromatic carbocycles. The first-order chi connectivity index (χ1) is 14.6. The summed E-state index contributed by atoms with van der Waals surface area (Å²) >= 11 is 0. The van der Waals surface area contributed by atoms with E-state index < -0.39 is 0 Å². The predicted octanol–water partition coefficient (Wildman–Crippen LogP) is 4.49. The normalized spacial score (nSPS) is 13.2. The number of amides is 1. The standard InChI is InChI=1S/C23H24FN3O3/c1-15-8-13-19(29-2)22-18(15)5-4-14-27(22)21(28)7-3-6-20-25-23(26-30-20)16-9-11-17(24)12-10-16/h8-13H,3-7,14H2,1-2H3. The lowest BCUT2D eigenvalue weighted by molar-refractivity contribution is -0.118. The van der Waals surface area contributed by atoms with Crippen LogP contribution < -0.4 is 9.64 Å². The fourth-order valence-electron chi connectivity index (χ4n) is 3.87. The van der Waals surface area contributed by atoms with Gasteiger partial charge in [-0.05, 0) is 67.6 Å². The number of ether oxygens (including phenoxy) is 1. The molecule has 0 bridgehead atoms. The molecule has 1 aromatic heterocycles. The van der Waals surface area contributed by atoms with Crippen LogP contribution in [0.2, 0.25) is 0 Å². The van der Waals surface area contributed by atoms with Gasteiger partial charge in [0, 0.05) is 24.9 Å². The van der Waals surface area contributed by atoms with E-state index in [0.717, 1.165) is 24.3 Å². The summed E-state index contributed by atoms with van der Waals surface area (Å²) in [6.45, 7) is 2.77. The van der Waals surface area contributed by atoms with Gasteiger partial charge in [-0.2, -0.15) is 4.98 Å². The largest absolute Gasteiger partial charge is 0.495 e. The molecule has 0 fully saturated rings. The Morgan fingerprint density at radius 1 is 1.23 bits per heavy atom. The van der Waals surface area contributed by atoms with Gasteiger partial charge < -0.3 is 14.2 Å². The van der Waals surface area contributed by atoms with Gasteiger partial charge in [-0.25, -0.2) is 4.39 Å². The number of rotatable bonds is 6. The Bertz CT molecular complexity index is 1050. The number of hydrogen-bond acceptors (Lipinski definition) is 5. The van der Waals surface area contributed by atoms with E-state index >= 15 is 0 Å². The maximum absolute atomic E-state index is 13.1. The highest BCUT2D eigenvalue weighted by Gasteiger charge is 2.27. The first-order valence-corrected chi connectivity index (χ1v) is 10.1. The fourth-order valence-corrected chi connectivity index (χ4v) is 3.87. The Morgan fingerprint density at radius 3 is 2.80 bits per heavy atom. The minimum Gasteiger partial charge on any atom is -0.495 e. The van der Waals surface area contributed by atoms with Gasteiger partial charge in [-0.3, -0.25) is 4.79 Å². The molecule has 3 aromatic rings. The van der Waals surface area contributed by atoms with Crippen molar-refractivity contribution in [1.29, 1.82) is 0 Å². The highest BCUT2D eigenvalue weighted by molar-refractivity contribution is 5.96. The lowest BCUT2D eigenvalue weighted by Crippen LogP contribution is -2.36. The van der Waals surface area contributed by atoms with Crippen molar-refractivity contribution in [2.75, 3.05) is 18.6 Å². The van der Waals surface area contributed by atoms with Crippen LogP contribution in [-0.2, 0) is 17.6 Å². The molecule has 0 saturated heterocycles. The lowest BCUT2D eigenvalue weighted by atomic mass is 9.96. The van der Waals surface area contributed by atoms with Crippen molar-refractivity contribution < 1.29 is 18.4 Å². The number of anilines is 1. The third-order valence-electron chi connectivity index (χ3n) is 5.43. The first kappa shape index (κ1) is 20.1. The second-order valence-corrected chi connectivity index (χ2v) is 7.43. The number of halogens is 1. The van der Waals surface area contributed by atoms with Crippen LogP contribution in [0.4, 0.5) is 10.1 Å². The van der Waals surface area contributed by atoms with Crippen molar-refractivity contribution in [3.8, 4) is 17.1 Å². The number of carbonyl (C=O) groups excluding carboxylic acids is 1. The monoisotopic (exact) mass is 409 g/mol. The second kappa shape index (κ2) is 8.65. The van der Waals surface area contributed by atoms with Gasteiger partial charge in [-0.1, -0.05) is 11.2 Å². The van der Waals surface area contributed by atoms with Crippen molar-refractivity contribution in [3.05, 3.63) is 59.2 Å². The van der Waals surface area contributed by atoms with Gasteiger partial charge >= 0.3 is 0 Å². The summed E-state index contributed by atoms with van der Waals surface area (Å²) in [6, 6.07) is 9.90. The van der Waals surface area contributed by atoms with E-state index in [1.165, 1.54) is 23.3 Å². The molecule has 0 unspecified atom stereocenters. The SMILES string of the molecule is COc1ccc(C)c2c1N(C(=O)CCCc1nc(-c3ccc(F)cc3)no1)CCC2. The molecule has 0 aliphatic carbocycles. The number of nitrogens with zero attached hydrogens (tertiary/aromatic N) is 3. The van der Waals surface area contributed by atoms with Gasteiger partial charge in [-0.15, -0.1) is 0 Å². The van der Waals surface area contributed by atoms with E-state index in [4.69, 9.17) is 9.26 Å². The summed E-state index contributed by atoms with van der Waals surface area (Å²) in [5.41, 5.74) is 3.97. The lowest BCUT2D eigenvalue weighted by Gasteiger charge is -2.32.